The Hall–Kier alpha value is -3.10. The highest BCUT2D eigenvalue weighted by atomic mass is 35.5. The van der Waals surface area contributed by atoms with Crippen LogP contribution >= 0.6 is 22.9 Å². The van der Waals surface area contributed by atoms with Gasteiger partial charge in [0, 0.05) is 27.2 Å². The Kier molecular flexibility index (Phi) is 6.11. The third-order valence-electron chi connectivity index (χ3n) is 5.01. The summed E-state index contributed by atoms with van der Waals surface area (Å²) < 4.78 is 10.5. The molecule has 31 heavy (non-hydrogen) atoms. The van der Waals surface area contributed by atoms with E-state index in [4.69, 9.17) is 21.1 Å². The van der Waals surface area contributed by atoms with Crippen LogP contribution < -0.4 is 20.1 Å². The van der Waals surface area contributed by atoms with Gasteiger partial charge in [-0.2, -0.15) is 0 Å². The Balaban J connectivity index is 1.46. The molecule has 0 spiro atoms. The molecule has 0 bridgehead atoms. The van der Waals surface area contributed by atoms with Crippen molar-refractivity contribution < 1.29 is 19.1 Å². The number of aromatic nitrogens is 1. The molecular formula is C22H20ClN3O4S. The molecule has 0 saturated carbocycles. The zero-order valence-corrected chi connectivity index (χ0v) is 18.5. The Morgan fingerprint density at radius 2 is 1.81 bits per heavy atom. The fourth-order valence-corrected chi connectivity index (χ4v) is 4.61. The monoisotopic (exact) mass is 457 g/mol. The van der Waals surface area contributed by atoms with Crippen LogP contribution in [-0.2, 0) is 11.2 Å². The summed E-state index contributed by atoms with van der Waals surface area (Å²) in [7, 11) is 3.10. The van der Waals surface area contributed by atoms with Gasteiger partial charge >= 0.3 is 0 Å². The zero-order valence-electron chi connectivity index (χ0n) is 16.9. The van der Waals surface area contributed by atoms with Crippen molar-refractivity contribution in [3.8, 4) is 11.5 Å². The minimum Gasteiger partial charge on any atom is -0.493 e. The van der Waals surface area contributed by atoms with E-state index in [1.807, 2.05) is 0 Å². The van der Waals surface area contributed by atoms with Crippen LogP contribution in [0.3, 0.4) is 0 Å². The minimum absolute atomic E-state index is 0.146. The largest absolute Gasteiger partial charge is 0.493 e. The van der Waals surface area contributed by atoms with Crippen molar-refractivity contribution in [3.63, 3.8) is 0 Å². The molecule has 1 unspecified atom stereocenters. The van der Waals surface area contributed by atoms with Crippen LogP contribution in [0.2, 0.25) is 5.02 Å². The van der Waals surface area contributed by atoms with Crippen molar-refractivity contribution in [2.75, 3.05) is 24.9 Å². The molecule has 1 aromatic heterocycles. The molecule has 0 aliphatic heterocycles. The molecule has 0 fully saturated rings. The number of halogens is 1. The second-order valence-electron chi connectivity index (χ2n) is 6.94. The molecule has 1 aliphatic rings. The van der Waals surface area contributed by atoms with Crippen LogP contribution in [0.25, 0.3) is 0 Å². The highest BCUT2D eigenvalue weighted by Gasteiger charge is 2.33. The molecule has 160 valence electrons. The van der Waals surface area contributed by atoms with Gasteiger partial charge in [-0.05, 0) is 49.2 Å². The van der Waals surface area contributed by atoms with E-state index < -0.39 is 0 Å². The number of hydrogen-bond donors (Lipinski definition) is 2. The van der Waals surface area contributed by atoms with E-state index in [-0.39, 0.29) is 17.7 Å². The van der Waals surface area contributed by atoms with Crippen LogP contribution in [0.4, 0.5) is 10.8 Å². The fourth-order valence-electron chi connectivity index (χ4n) is 3.45. The van der Waals surface area contributed by atoms with E-state index in [0.717, 1.165) is 17.0 Å². The number of aryl methyl sites for hydroxylation is 1. The number of benzene rings is 2. The topological polar surface area (TPSA) is 89.6 Å². The molecule has 0 saturated heterocycles. The van der Waals surface area contributed by atoms with Gasteiger partial charge in [-0.15, -0.1) is 11.3 Å². The first-order valence-electron chi connectivity index (χ1n) is 9.58. The Morgan fingerprint density at radius 3 is 2.52 bits per heavy atom. The Bertz CT molecular complexity index is 1130. The summed E-state index contributed by atoms with van der Waals surface area (Å²) in [6.45, 7) is 0. The molecule has 3 aromatic rings. The van der Waals surface area contributed by atoms with Gasteiger partial charge in [0.25, 0.3) is 5.91 Å². The van der Waals surface area contributed by atoms with Gasteiger partial charge in [0.15, 0.2) is 16.6 Å². The number of anilines is 2. The highest BCUT2D eigenvalue weighted by molar-refractivity contribution is 7.16. The molecule has 9 heteroatoms. The van der Waals surface area contributed by atoms with E-state index in [0.29, 0.717) is 39.3 Å². The number of hydrogen-bond acceptors (Lipinski definition) is 6. The lowest BCUT2D eigenvalue weighted by Crippen LogP contribution is -2.20. The van der Waals surface area contributed by atoms with Crippen LogP contribution in [0.1, 0.15) is 33.3 Å². The van der Waals surface area contributed by atoms with E-state index in [2.05, 4.69) is 15.6 Å². The molecule has 2 N–H and O–H groups in total. The maximum absolute atomic E-state index is 12.9. The van der Waals surface area contributed by atoms with Gasteiger partial charge in [-0.1, -0.05) is 11.6 Å². The quantitative estimate of drug-likeness (QED) is 0.558. The lowest BCUT2D eigenvalue weighted by molar-refractivity contribution is -0.117. The molecule has 2 aromatic carbocycles. The first-order valence-corrected chi connectivity index (χ1v) is 10.8. The number of nitrogens with zero attached hydrogens (tertiary/aromatic N) is 1. The van der Waals surface area contributed by atoms with Crippen LogP contribution in [0.5, 0.6) is 11.5 Å². The van der Waals surface area contributed by atoms with Crippen molar-refractivity contribution in [2.45, 2.75) is 18.8 Å². The van der Waals surface area contributed by atoms with Gasteiger partial charge in [0.1, 0.15) is 0 Å². The van der Waals surface area contributed by atoms with Gasteiger partial charge < -0.3 is 14.8 Å². The first-order chi connectivity index (χ1) is 15.0. The van der Waals surface area contributed by atoms with E-state index in [9.17, 15) is 9.59 Å². The third kappa shape index (κ3) is 4.50. The van der Waals surface area contributed by atoms with E-state index in [1.165, 1.54) is 11.3 Å². The van der Waals surface area contributed by atoms with Crippen molar-refractivity contribution in [1.29, 1.82) is 0 Å². The van der Waals surface area contributed by atoms with Gasteiger partial charge in [0.2, 0.25) is 5.91 Å². The summed E-state index contributed by atoms with van der Waals surface area (Å²) in [4.78, 5) is 30.9. The highest BCUT2D eigenvalue weighted by Crippen LogP contribution is 2.39. The summed E-state index contributed by atoms with van der Waals surface area (Å²) in [6, 6.07) is 11.8. The number of methoxy groups -OCH3 is 2. The smallest absolute Gasteiger partial charge is 0.257 e. The SMILES string of the molecule is COc1ccc(NC(=O)C2CCc3sc(NC(=O)c4ccc(Cl)cc4)nc32)cc1OC. The zero-order chi connectivity index (χ0) is 22.0. The third-order valence-corrected chi connectivity index (χ3v) is 6.31. The minimum atomic E-state index is -0.375. The van der Waals surface area contributed by atoms with E-state index in [1.54, 1.807) is 56.7 Å². The molecule has 1 heterocycles. The molecule has 1 aliphatic carbocycles. The van der Waals surface area contributed by atoms with E-state index >= 15 is 0 Å². The second-order valence-corrected chi connectivity index (χ2v) is 8.46. The molecule has 4 rings (SSSR count). The average Bonchev–Trinajstić information content (AvgIpc) is 3.34. The Labute approximate surface area is 188 Å². The molecule has 7 nitrogen and oxygen atoms in total. The summed E-state index contributed by atoms with van der Waals surface area (Å²) >= 11 is 7.27. The number of amides is 2. The number of ether oxygens (including phenoxy) is 2. The predicted octanol–water partition coefficient (Wildman–Crippen LogP) is 4.73. The van der Waals surface area contributed by atoms with Crippen LogP contribution in [-0.4, -0.2) is 31.0 Å². The molecule has 0 radical (unpaired) electrons. The maximum atomic E-state index is 12.9. The average molecular weight is 458 g/mol. The summed E-state index contributed by atoms with van der Waals surface area (Å²) in [6.07, 6.45) is 1.42. The van der Waals surface area contributed by atoms with Crippen molar-refractivity contribution >= 4 is 45.6 Å². The number of carbonyl (C=O) groups is 2. The van der Waals surface area contributed by atoms with Crippen LogP contribution in [0.15, 0.2) is 42.5 Å². The maximum Gasteiger partial charge on any atom is 0.257 e. The lowest BCUT2D eigenvalue weighted by atomic mass is 10.1. The molecule has 2 amide bonds. The van der Waals surface area contributed by atoms with Crippen molar-refractivity contribution in [2.24, 2.45) is 0 Å². The number of rotatable bonds is 6. The summed E-state index contributed by atoms with van der Waals surface area (Å²) in [5.74, 6) is 0.334. The molecule has 1 atom stereocenters. The van der Waals surface area contributed by atoms with Crippen LogP contribution in [0, 0.1) is 0 Å². The first kappa shape index (κ1) is 21.1. The number of nitrogens with one attached hydrogen (secondary N) is 2. The standard InChI is InChI=1S/C22H20ClN3O4S/c1-29-16-9-7-14(11-17(16)30-2)24-21(28)15-8-10-18-19(15)25-22(31-18)26-20(27)12-3-5-13(23)6-4-12/h3-7,9,11,15H,8,10H2,1-2H3,(H,24,28)(H,25,26,27). The lowest BCUT2D eigenvalue weighted by Gasteiger charge is -2.13. The number of fused-ring (bicyclic) bond motifs is 1. The fraction of sp³-hybridized carbons (Fsp3) is 0.227. The number of carbonyl (C=O) groups excluding carboxylic acids is 2. The van der Waals surface area contributed by atoms with Gasteiger partial charge in [-0.3, -0.25) is 14.9 Å². The Morgan fingerprint density at radius 1 is 1.06 bits per heavy atom. The summed E-state index contributed by atoms with van der Waals surface area (Å²) in [5, 5.41) is 6.77. The van der Waals surface area contributed by atoms with Gasteiger partial charge in [0.05, 0.1) is 25.8 Å². The van der Waals surface area contributed by atoms with Crippen molar-refractivity contribution in [1.82, 2.24) is 4.98 Å². The van der Waals surface area contributed by atoms with Crippen molar-refractivity contribution in [3.05, 3.63) is 63.6 Å². The predicted molar refractivity (Wildman–Crippen MR) is 121 cm³/mol. The molecular weight excluding hydrogens is 438 g/mol. The summed E-state index contributed by atoms with van der Waals surface area (Å²) in [5.41, 5.74) is 1.82. The normalized spacial score (nSPS) is 14.6. The number of thiazole rings is 1. The van der Waals surface area contributed by atoms with Gasteiger partial charge in [-0.25, -0.2) is 4.98 Å². The second kappa shape index (κ2) is 8.95.